The maximum absolute atomic E-state index is 12.5. The summed E-state index contributed by atoms with van der Waals surface area (Å²) in [6, 6.07) is 16.5. The number of nitrogens with one attached hydrogen (secondary N) is 1. The number of hydrogen-bond donors (Lipinski definition) is 1. The van der Waals surface area contributed by atoms with Crippen LogP contribution in [0.2, 0.25) is 5.02 Å². The number of aromatic nitrogens is 1. The molecule has 144 valence electrons. The van der Waals surface area contributed by atoms with Crippen LogP contribution < -0.4 is 5.32 Å². The van der Waals surface area contributed by atoms with Crippen molar-refractivity contribution in [2.45, 2.75) is 0 Å². The number of amides is 1. The van der Waals surface area contributed by atoms with Gasteiger partial charge in [-0.15, -0.1) is 0 Å². The Morgan fingerprint density at radius 3 is 2.69 bits per heavy atom. The second-order valence-electron chi connectivity index (χ2n) is 6.06. The predicted octanol–water partition coefficient (Wildman–Crippen LogP) is 6.07. The minimum atomic E-state index is -0.635. The van der Waals surface area contributed by atoms with Crippen LogP contribution in [0.15, 0.2) is 69.6 Å². The molecule has 0 radical (unpaired) electrons. The Balaban J connectivity index is 1.62. The number of carbonyl (C=O) groups is 1. The minimum absolute atomic E-state index is 0.0323. The number of nitro benzene ring substituents is 1. The summed E-state index contributed by atoms with van der Waals surface area (Å²) in [4.78, 5) is 27.3. The highest BCUT2D eigenvalue weighted by atomic mass is 79.9. The molecule has 4 aromatic rings. The number of halogens is 2. The van der Waals surface area contributed by atoms with Gasteiger partial charge in [0.15, 0.2) is 5.58 Å². The van der Waals surface area contributed by atoms with Crippen LogP contribution in [0.3, 0.4) is 0 Å². The Morgan fingerprint density at radius 1 is 1.14 bits per heavy atom. The number of oxazole rings is 1. The zero-order valence-electron chi connectivity index (χ0n) is 14.6. The van der Waals surface area contributed by atoms with Crippen molar-refractivity contribution < 1.29 is 14.1 Å². The molecule has 0 atom stereocenters. The molecule has 1 amide bonds. The molecule has 0 aliphatic rings. The van der Waals surface area contributed by atoms with Crippen LogP contribution in [-0.4, -0.2) is 15.8 Å². The highest BCUT2D eigenvalue weighted by Gasteiger charge is 2.17. The van der Waals surface area contributed by atoms with E-state index in [1.54, 1.807) is 18.2 Å². The lowest BCUT2D eigenvalue weighted by Crippen LogP contribution is -2.12. The lowest BCUT2D eigenvalue weighted by molar-refractivity contribution is -0.384. The second kappa shape index (κ2) is 7.65. The van der Waals surface area contributed by atoms with Gasteiger partial charge in [-0.3, -0.25) is 14.9 Å². The van der Waals surface area contributed by atoms with E-state index in [2.05, 4.69) is 26.2 Å². The molecule has 9 heteroatoms. The monoisotopic (exact) mass is 471 g/mol. The van der Waals surface area contributed by atoms with E-state index >= 15 is 0 Å². The van der Waals surface area contributed by atoms with Gasteiger partial charge in [0.05, 0.1) is 10.5 Å². The van der Waals surface area contributed by atoms with Gasteiger partial charge in [-0.05, 0) is 58.4 Å². The zero-order valence-corrected chi connectivity index (χ0v) is 16.9. The molecule has 0 spiro atoms. The topological polar surface area (TPSA) is 98.3 Å². The number of rotatable bonds is 4. The summed E-state index contributed by atoms with van der Waals surface area (Å²) >= 11 is 9.26. The van der Waals surface area contributed by atoms with E-state index in [-0.39, 0.29) is 16.3 Å². The van der Waals surface area contributed by atoms with Crippen LogP contribution in [0.1, 0.15) is 10.4 Å². The van der Waals surface area contributed by atoms with Crippen molar-refractivity contribution in [3.05, 3.63) is 85.8 Å². The number of nitrogens with zero attached hydrogens (tertiary/aromatic N) is 2. The first-order valence-electron chi connectivity index (χ1n) is 8.33. The molecule has 1 heterocycles. The molecule has 0 unspecified atom stereocenters. The van der Waals surface area contributed by atoms with Gasteiger partial charge in [-0.1, -0.05) is 23.7 Å². The van der Waals surface area contributed by atoms with E-state index in [1.165, 1.54) is 12.1 Å². The Labute approximate surface area is 177 Å². The van der Waals surface area contributed by atoms with Gasteiger partial charge >= 0.3 is 0 Å². The number of anilines is 1. The number of hydrogen-bond acceptors (Lipinski definition) is 5. The third-order valence-corrected chi connectivity index (χ3v) is 5.17. The molecule has 0 saturated carbocycles. The number of nitro groups is 1. The standard InChI is InChI=1S/C20H11BrClN3O4/c21-14-4-2-1-3-13(14)20-24-16-10-12(6-8-18(16)29-20)23-19(26)11-5-7-15(22)17(9-11)25(27)28/h1-10H,(H,23,26). The van der Waals surface area contributed by atoms with E-state index < -0.39 is 10.8 Å². The fourth-order valence-electron chi connectivity index (χ4n) is 2.75. The van der Waals surface area contributed by atoms with Crippen LogP contribution in [-0.2, 0) is 0 Å². The van der Waals surface area contributed by atoms with Crippen molar-refractivity contribution >= 4 is 55.9 Å². The Morgan fingerprint density at radius 2 is 1.93 bits per heavy atom. The molecule has 1 N–H and O–H groups in total. The molecule has 7 nitrogen and oxygen atoms in total. The van der Waals surface area contributed by atoms with Crippen molar-refractivity contribution in [1.29, 1.82) is 0 Å². The lowest BCUT2D eigenvalue weighted by atomic mass is 10.2. The van der Waals surface area contributed by atoms with E-state index in [1.807, 2.05) is 24.3 Å². The van der Waals surface area contributed by atoms with Gasteiger partial charge in [-0.2, -0.15) is 0 Å². The molecule has 0 aliphatic heterocycles. The third kappa shape index (κ3) is 3.85. The van der Waals surface area contributed by atoms with Crippen LogP contribution in [0, 0.1) is 10.1 Å². The van der Waals surface area contributed by atoms with E-state index in [4.69, 9.17) is 16.0 Å². The highest BCUT2D eigenvalue weighted by Crippen LogP contribution is 2.31. The number of carbonyl (C=O) groups excluding carboxylic acids is 1. The molecule has 0 saturated heterocycles. The minimum Gasteiger partial charge on any atom is -0.436 e. The zero-order chi connectivity index (χ0) is 20.5. The van der Waals surface area contributed by atoms with Crippen molar-refractivity contribution in [2.24, 2.45) is 0 Å². The molecular weight excluding hydrogens is 462 g/mol. The van der Waals surface area contributed by atoms with Crippen LogP contribution in [0.25, 0.3) is 22.6 Å². The summed E-state index contributed by atoms with van der Waals surface area (Å²) in [6.07, 6.45) is 0. The van der Waals surface area contributed by atoms with Crippen molar-refractivity contribution in [3.63, 3.8) is 0 Å². The Bertz CT molecular complexity index is 1270. The maximum Gasteiger partial charge on any atom is 0.288 e. The van der Waals surface area contributed by atoms with E-state index in [0.717, 1.165) is 16.1 Å². The van der Waals surface area contributed by atoms with Crippen LogP contribution >= 0.6 is 27.5 Å². The predicted molar refractivity (Wildman–Crippen MR) is 113 cm³/mol. The van der Waals surface area contributed by atoms with Crippen LogP contribution in [0.5, 0.6) is 0 Å². The van der Waals surface area contributed by atoms with E-state index in [0.29, 0.717) is 22.7 Å². The molecule has 3 aromatic carbocycles. The summed E-state index contributed by atoms with van der Waals surface area (Å²) in [5.41, 5.74) is 2.21. The fourth-order valence-corrected chi connectivity index (χ4v) is 3.39. The molecular formula is C20H11BrClN3O4. The van der Waals surface area contributed by atoms with Crippen molar-refractivity contribution in [1.82, 2.24) is 4.98 Å². The van der Waals surface area contributed by atoms with Gasteiger partial charge in [0.25, 0.3) is 11.6 Å². The van der Waals surface area contributed by atoms with E-state index in [9.17, 15) is 14.9 Å². The first-order chi connectivity index (χ1) is 13.9. The quantitative estimate of drug-likeness (QED) is 0.287. The summed E-state index contributed by atoms with van der Waals surface area (Å²) in [5, 5.41) is 13.7. The third-order valence-electron chi connectivity index (χ3n) is 4.15. The number of benzene rings is 3. The molecule has 0 aliphatic carbocycles. The summed E-state index contributed by atoms with van der Waals surface area (Å²) < 4.78 is 6.64. The molecule has 29 heavy (non-hydrogen) atoms. The van der Waals surface area contributed by atoms with Crippen molar-refractivity contribution in [3.8, 4) is 11.5 Å². The SMILES string of the molecule is O=C(Nc1ccc2oc(-c3ccccc3Br)nc2c1)c1ccc(Cl)c([N+](=O)[O-])c1. The summed E-state index contributed by atoms with van der Waals surface area (Å²) in [7, 11) is 0. The van der Waals surface area contributed by atoms with Gasteiger partial charge in [0, 0.05) is 21.8 Å². The average molecular weight is 473 g/mol. The fraction of sp³-hybridized carbons (Fsp3) is 0. The maximum atomic E-state index is 12.5. The molecule has 0 bridgehead atoms. The first kappa shape index (κ1) is 19.1. The van der Waals surface area contributed by atoms with Gasteiger partial charge < -0.3 is 9.73 Å². The lowest BCUT2D eigenvalue weighted by Gasteiger charge is -2.05. The van der Waals surface area contributed by atoms with Gasteiger partial charge in [-0.25, -0.2) is 4.98 Å². The van der Waals surface area contributed by atoms with Crippen LogP contribution in [0.4, 0.5) is 11.4 Å². The van der Waals surface area contributed by atoms with Gasteiger partial charge in [0.2, 0.25) is 5.89 Å². The summed E-state index contributed by atoms with van der Waals surface area (Å²) in [6.45, 7) is 0. The first-order valence-corrected chi connectivity index (χ1v) is 9.50. The normalized spacial score (nSPS) is 10.8. The van der Waals surface area contributed by atoms with Crippen molar-refractivity contribution in [2.75, 3.05) is 5.32 Å². The Kier molecular flexibility index (Phi) is 5.04. The average Bonchev–Trinajstić information content (AvgIpc) is 3.11. The molecule has 0 fully saturated rings. The second-order valence-corrected chi connectivity index (χ2v) is 7.32. The van der Waals surface area contributed by atoms with Gasteiger partial charge in [0.1, 0.15) is 10.5 Å². The number of fused-ring (bicyclic) bond motifs is 1. The smallest absolute Gasteiger partial charge is 0.288 e. The molecule has 4 rings (SSSR count). The summed E-state index contributed by atoms with van der Waals surface area (Å²) in [5.74, 6) is -0.0529. The largest absolute Gasteiger partial charge is 0.436 e. The Hall–Kier alpha value is -3.23. The highest BCUT2D eigenvalue weighted by molar-refractivity contribution is 9.10. The molecule has 1 aromatic heterocycles.